The number of nitrogens with one attached hydrogen (secondary N) is 1. The van der Waals surface area contributed by atoms with Crippen molar-refractivity contribution in [1.82, 2.24) is 4.90 Å². The molecule has 0 spiro atoms. The van der Waals surface area contributed by atoms with Crippen molar-refractivity contribution in [3.63, 3.8) is 0 Å². The van der Waals surface area contributed by atoms with Crippen LogP contribution >= 0.6 is 0 Å². The summed E-state index contributed by atoms with van der Waals surface area (Å²) in [5.74, 6) is 0. The summed E-state index contributed by atoms with van der Waals surface area (Å²) in [4.78, 5) is 2.21. The molecule has 0 saturated heterocycles. The summed E-state index contributed by atoms with van der Waals surface area (Å²) in [5, 5.41) is 2.86. The summed E-state index contributed by atoms with van der Waals surface area (Å²) in [6.07, 6.45) is -2.63. The molecule has 6 heteroatoms. The zero-order chi connectivity index (χ0) is 16.0. The Labute approximate surface area is 124 Å². The normalized spacial score (nSPS) is 12.2. The number of halogens is 3. The van der Waals surface area contributed by atoms with Gasteiger partial charge in [0.2, 0.25) is 0 Å². The molecule has 0 heterocycles. The van der Waals surface area contributed by atoms with Gasteiger partial charge in [-0.2, -0.15) is 13.2 Å². The van der Waals surface area contributed by atoms with E-state index in [1.165, 1.54) is 12.1 Å². The molecule has 0 bridgehead atoms. The Kier molecular flexibility index (Phi) is 6.33. The van der Waals surface area contributed by atoms with Crippen molar-refractivity contribution in [2.24, 2.45) is 0 Å². The molecule has 0 unspecified atom stereocenters. The Morgan fingerprint density at radius 3 is 2.48 bits per heavy atom. The van der Waals surface area contributed by atoms with Crippen LogP contribution in [0.25, 0.3) is 0 Å². The standard InChI is InChI=1S/C15H24F3N3/c1-11(2)21(3)9-5-4-8-20-14-7-6-12(19)10-13(14)15(16,17)18/h6-7,10-11,20H,4-5,8-9,19H2,1-3H3. The molecular weight excluding hydrogens is 279 g/mol. The van der Waals surface area contributed by atoms with Gasteiger partial charge in [0.05, 0.1) is 5.56 Å². The summed E-state index contributed by atoms with van der Waals surface area (Å²) >= 11 is 0. The van der Waals surface area contributed by atoms with Gasteiger partial charge in [0.15, 0.2) is 0 Å². The van der Waals surface area contributed by atoms with Crippen molar-refractivity contribution in [2.75, 3.05) is 31.2 Å². The van der Waals surface area contributed by atoms with Crippen LogP contribution in [0, 0.1) is 0 Å². The maximum Gasteiger partial charge on any atom is 0.418 e. The molecule has 1 aromatic carbocycles. The number of unbranched alkanes of at least 4 members (excludes halogenated alkanes) is 1. The van der Waals surface area contributed by atoms with Gasteiger partial charge < -0.3 is 16.0 Å². The highest BCUT2D eigenvalue weighted by molar-refractivity contribution is 5.59. The molecule has 0 aromatic heterocycles. The van der Waals surface area contributed by atoms with E-state index in [9.17, 15) is 13.2 Å². The molecule has 0 aliphatic rings. The van der Waals surface area contributed by atoms with Gasteiger partial charge in [-0.05, 0) is 58.5 Å². The Bertz CT molecular complexity index is 444. The van der Waals surface area contributed by atoms with Crippen LogP contribution in [0.5, 0.6) is 0 Å². The molecule has 3 nitrogen and oxygen atoms in total. The van der Waals surface area contributed by atoms with E-state index >= 15 is 0 Å². The van der Waals surface area contributed by atoms with Crippen LogP contribution in [-0.2, 0) is 6.18 Å². The molecular formula is C15H24F3N3. The summed E-state index contributed by atoms with van der Waals surface area (Å²) in [7, 11) is 2.04. The second kappa shape index (κ2) is 7.54. The van der Waals surface area contributed by atoms with Crippen molar-refractivity contribution in [1.29, 1.82) is 0 Å². The first kappa shape index (κ1) is 17.6. The van der Waals surface area contributed by atoms with Gasteiger partial charge in [-0.3, -0.25) is 0 Å². The molecule has 0 aliphatic heterocycles. The Balaban J connectivity index is 2.49. The van der Waals surface area contributed by atoms with Crippen molar-refractivity contribution in [3.05, 3.63) is 23.8 Å². The van der Waals surface area contributed by atoms with Crippen molar-refractivity contribution in [3.8, 4) is 0 Å². The van der Waals surface area contributed by atoms with Crippen LogP contribution in [0.1, 0.15) is 32.3 Å². The number of nitrogen functional groups attached to an aromatic ring is 1. The summed E-state index contributed by atoms with van der Waals surface area (Å²) in [6.45, 7) is 5.68. The maximum atomic E-state index is 12.9. The van der Waals surface area contributed by atoms with E-state index in [1.54, 1.807) is 0 Å². The third-order valence-electron chi connectivity index (χ3n) is 3.48. The number of anilines is 2. The first-order valence-corrected chi connectivity index (χ1v) is 7.12. The lowest BCUT2D eigenvalue weighted by Crippen LogP contribution is -2.27. The number of alkyl halides is 3. The van der Waals surface area contributed by atoms with Crippen molar-refractivity contribution < 1.29 is 13.2 Å². The number of hydrogen-bond acceptors (Lipinski definition) is 3. The predicted octanol–water partition coefficient (Wildman–Crippen LogP) is 3.82. The van der Waals surface area contributed by atoms with E-state index < -0.39 is 11.7 Å². The van der Waals surface area contributed by atoms with Crippen LogP contribution in [0.4, 0.5) is 24.5 Å². The maximum absolute atomic E-state index is 12.9. The average molecular weight is 303 g/mol. The monoisotopic (exact) mass is 303 g/mol. The predicted molar refractivity (Wildman–Crippen MR) is 81.3 cm³/mol. The summed E-state index contributed by atoms with van der Waals surface area (Å²) in [6, 6.07) is 4.31. The first-order valence-electron chi connectivity index (χ1n) is 7.12. The summed E-state index contributed by atoms with van der Waals surface area (Å²) < 4.78 is 38.7. The fourth-order valence-corrected chi connectivity index (χ4v) is 1.92. The van der Waals surface area contributed by atoms with Gasteiger partial charge in [-0.15, -0.1) is 0 Å². The van der Waals surface area contributed by atoms with Gasteiger partial charge in [0, 0.05) is 24.0 Å². The van der Waals surface area contributed by atoms with Gasteiger partial charge in [-0.25, -0.2) is 0 Å². The summed E-state index contributed by atoms with van der Waals surface area (Å²) in [5.41, 5.74) is 4.93. The van der Waals surface area contributed by atoms with Crippen molar-refractivity contribution >= 4 is 11.4 Å². The van der Waals surface area contributed by atoms with Crippen LogP contribution < -0.4 is 11.1 Å². The van der Waals surface area contributed by atoms with E-state index in [4.69, 9.17) is 5.73 Å². The lowest BCUT2D eigenvalue weighted by molar-refractivity contribution is -0.136. The quantitative estimate of drug-likeness (QED) is 0.594. The molecule has 3 N–H and O–H groups in total. The zero-order valence-corrected chi connectivity index (χ0v) is 12.8. The Hall–Kier alpha value is -1.43. The number of benzene rings is 1. The fraction of sp³-hybridized carbons (Fsp3) is 0.600. The highest BCUT2D eigenvalue weighted by Gasteiger charge is 2.33. The molecule has 0 saturated carbocycles. The molecule has 0 radical (unpaired) electrons. The number of nitrogens with two attached hydrogens (primary N) is 1. The van der Waals surface area contributed by atoms with Crippen LogP contribution in [0.15, 0.2) is 18.2 Å². The third kappa shape index (κ3) is 5.83. The van der Waals surface area contributed by atoms with E-state index in [0.29, 0.717) is 12.6 Å². The molecule has 0 amide bonds. The molecule has 21 heavy (non-hydrogen) atoms. The fourth-order valence-electron chi connectivity index (χ4n) is 1.92. The van der Waals surface area contributed by atoms with Gasteiger partial charge >= 0.3 is 6.18 Å². The minimum absolute atomic E-state index is 0.0916. The molecule has 0 fully saturated rings. The Morgan fingerprint density at radius 1 is 1.24 bits per heavy atom. The van der Waals surface area contributed by atoms with E-state index in [1.807, 2.05) is 7.05 Å². The number of hydrogen-bond donors (Lipinski definition) is 2. The topological polar surface area (TPSA) is 41.3 Å². The van der Waals surface area contributed by atoms with Gasteiger partial charge in [0.1, 0.15) is 0 Å². The molecule has 1 aromatic rings. The van der Waals surface area contributed by atoms with Gasteiger partial charge in [0.25, 0.3) is 0 Å². The zero-order valence-electron chi connectivity index (χ0n) is 12.8. The third-order valence-corrected chi connectivity index (χ3v) is 3.48. The highest BCUT2D eigenvalue weighted by Crippen LogP contribution is 2.36. The number of rotatable bonds is 7. The highest BCUT2D eigenvalue weighted by atomic mass is 19.4. The second-order valence-electron chi connectivity index (χ2n) is 5.51. The number of nitrogens with zero attached hydrogens (tertiary/aromatic N) is 1. The minimum Gasteiger partial charge on any atom is -0.399 e. The first-order chi connectivity index (χ1) is 9.71. The largest absolute Gasteiger partial charge is 0.418 e. The lowest BCUT2D eigenvalue weighted by atomic mass is 10.1. The van der Waals surface area contributed by atoms with Crippen LogP contribution in [-0.4, -0.2) is 31.1 Å². The lowest BCUT2D eigenvalue weighted by Gasteiger charge is -2.21. The SMILES string of the molecule is CC(C)N(C)CCCCNc1ccc(N)cc1C(F)(F)F. The smallest absolute Gasteiger partial charge is 0.399 e. The second-order valence-corrected chi connectivity index (χ2v) is 5.51. The van der Waals surface area contributed by atoms with E-state index in [2.05, 4.69) is 24.1 Å². The molecule has 1 rings (SSSR count). The molecule has 120 valence electrons. The minimum atomic E-state index is -4.39. The average Bonchev–Trinajstić information content (AvgIpc) is 2.38. The molecule has 0 atom stereocenters. The van der Waals surface area contributed by atoms with Crippen molar-refractivity contribution in [2.45, 2.75) is 38.9 Å². The van der Waals surface area contributed by atoms with E-state index in [-0.39, 0.29) is 11.4 Å². The van der Waals surface area contributed by atoms with Crippen LogP contribution in [0.2, 0.25) is 0 Å². The Morgan fingerprint density at radius 2 is 1.90 bits per heavy atom. The van der Waals surface area contributed by atoms with Gasteiger partial charge in [-0.1, -0.05) is 0 Å². The molecule has 0 aliphatic carbocycles. The van der Waals surface area contributed by atoms with Crippen LogP contribution in [0.3, 0.4) is 0 Å². The van der Waals surface area contributed by atoms with E-state index in [0.717, 1.165) is 25.5 Å².